The van der Waals surface area contributed by atoms with Crippen molar-refractivity contribution in [1.82, 2.24) is 35.5 Å². The Balaban J connectivity index is 0.844. The highest BCUT2D eigenvalue weighted by Gasteiger charge is 2.27. The van der Waals surface area contributed by atoms with E-state index in [4.69, 9.17) is 4.74 Å². The van der Waals surface area contributed by atoms with Crippen molar-refractivity contribution in [2.45, 2.75) is 70.4 Å². The Bertz CT molecular complexity index is 2310. The summed E-state index contributed by atoms with van der Waals surface area (Å²) in [5, 5.41) is 19.6. The number of aromatic nitrogens is 4. The number of halogens is 2. The van der Waals surface area contributed by atoms with Crippen LogP contribution in [0.3, 0.4) is 0 Å². The normalized spacial score (nSPS) is 15.7. The number of carbonyl (C=O) groups is 3. The Morgan fingerprint density at radius 1 is 0.897 bits per heavy atom. The van der Waals surface area contributed by atoms with Gasteiger partial charge >= 0.3 is 0 Å². The fraction of sp³-hybridized carbons (Fsp3) is 0.386. The smallest absolute Gasteiger partial charge is 0.272 e. The second-order valence-corrected chi connectivity index (χ2v) is 14.8. The van der Waals surface area contributed by atoms with Crippen LogP contribution in [-0.2, 0) is 40.1 Å². The summed E-state index contributed by atoms with van der Waals surface area (Å²) in [4.78, 5) is 54.5. The molecule has 2 N–H and O–H groups in total. The molecule has 58 heavy (non-hydrogen) atoms. The zero-order valence-corrected chi connectivity index (χ0v) is 32.4. The van der Waals surface area contributed by atoms with Gasteiger partial charge in [0.2, 0.25) is 11.8 Å². The molecule has 12 nitrogen and oxygen atoms in total. The third-order valence-electron chi connectivity index (χ3n) is 11.0. The molecule has 1 unspecified atom stereocenters. The molecular weight excluding hydrogens is 745 g/mol. The summed E-state index contributed by atoms with van der Waals surface area (Å²) in [6.45, 7) is 1.14. The fourth-order valence-electron chi connectivity index (χ4n) is 7.82. The number of amides is 3. The zero-order valence-electron chi connectivity index (χ0n) is 32.4. The van der Waals surface area contributed by atoms with Gasteiger partial charge in [-0.05, 0) is 79.0 Å². The van der Waals surface area contributed by atoms with Crippen LogP contribution < -0.4 is 10.9 Å². The van der Waals surface area contributed by atoms with Crippen LogP contribution in [0.25, 0.3) is 22.0 Å². The van der Waals surface area contributed by atoms with Crippen molar-refractivity contribution >= 4 is 28.5 Å². The van der Waals surface area contributed by atoms with Crippen molar-refractivity contribution in [1.29, 1.82) is 0 Å². The molecule has 1 atom stereocenters. The minimum absolute atomic E-state index is 0.0363. The van der Waals surface area contributed by atoms with Crippen LogP contribution in [0.1, 0.15) is 76.8 Å². The average molecular weight is 792 g/mol. The second kappa shape index (κ2) is 19.0. The number of aryl methyl sites for hydroxylation is 1. The highest BCUT2D eigenvalue weighted by atomic mass is 19.1. The molecule has 7 rings (SSSR count). The molecule has 0 spiro atoms. The predicted octanol–water partition coefficient (Wildman–Crippen LogP) is 5.50. The number of ether oxygens (including phenoxy) is 1. The van der Waals surface area contributed by atoms with Crippen LogP contribution in [0, 0.1) is 5.82 Å². The largest absolute Gasteiger partial charge is 0.375 e. The van der Waals surface area contributed by atoms with Crippen molar-refractivity contribution in [2.75, 3.05) is 39.5 Å². The monoisotopic (exact) mass is 791 g/mol. The quantitative estimate of drug-likeness (QED) is 0.159. The maximum absolute atomic E-state index is 14.9. The van der Waals surface area contributed by atoms with E-state index in [9.17, 15) is 28.0 Å². The highest BCUT2D eigenvalue weighted by molar-refractivity contribution is 5.95. The first-order valence-corrected chi connectivity index (χ1v) is 20.0. The molecule has 14 heteroatoms. The van der Waals surface area contributed by atoms with Gasteiger partial charge in [-0.25, -0.2) is 13.9 Å². The van der Waals surface area contributed by atoms with E-state index in [1.54, 1.807) is 34.1 Å². The van der Waals surface area contributed by atoms with E-state index in [1.165, 1.54) is 17.7 Å². The first kappa shape index (κ1) is 40.3. The molecule has 3 aromatic carbocycles. The lowest BCUT2D eigenvalue weighted by atomic mass is 9.90. The van der Waals surface area contributed by atoms with E-state index in [2.05, 4.69) is 25.7 Å². The summed E-state index contributed by atoms with van der Waals surface area (Å²) in [6.07, 6.45) is 7.26. The van der Waals surface area contributed by atoms with Crippen molar-refractivity contribution in [3.8, 4) is 11.3 Å². The number of piperazine rings is 1. The molecule has 3 amide bonds. The van der Waals surface area contributed by atoms with Crippen LogP contribution >= 0.6 is 0 Å². The number of rotatable bonds is 13. The van der Waals surface area contributed by atoms with Gasteiger partial charge in [0.05, 0.1) is 41.2 Å². The second-order valence-electron chi connectivity index (χ2n) is 14.8. The number of benzene rings is 3. The molecule has 2 aromatic heterocycles. The number of nitrogens with zero attached hydrogens (tertiary/aromatic N) is 5. The van der Waals surface area contributed by atoms with Crippen LogP contribution in [0.2, 0.25) is 0 Å². The summed E-state index contributed by atoms with van der Waals surface area (Å²) in [5.74, 6) is -1.33. The molecule has 1 fully saturated rings. The summed E-state index contributed by atoms with van der Waals surface area (Å²) in [6, 6.07) is 19.4. The predicted molar refractivity (Wildman–Crippen MR) is 214 cm³/mol. The molecule has 0 saturated carbocycles. The van der Waals surface area contributed by atoms with Crippen molar-refractivity contribution in [3.63, 3.8) is 0 Å². The van der Waals surface area contributed by atoms with Crippen LogP contribution in [0.5, 0.6) is 0 Å². The lowest BCUT2D eigenvalue weighted by Crippen LogP contribution is -2.50. The molecule has 2 aliphatic rings. The minimum atomic E-state index is -0.634. The number of H-pyrrole nitrogens is 1. The van der Waals surface area contributed by atoms with Gasteiger partial charge in [0.15, 0.2) is 0 Å². The van der Waals surface area contributed by atoms with E-state index < -0.39 is 18.4 Å². The van der Waals surface area contributed by atoms with Gasteiger partial charge in [-0.1, -0.05) is 48.5 Å². The Hall–Kier alpha value is -5.89. The van der Waals surface area contributed by atoms with Gasteiger partial charge in [0.25, 0.3) is 11.5 Å². The summed E-state index contributed by atoms with van der Waals surface area (Å²) in [5.41, 5.74) is 5.97. The Morgan fingerprint density at radius 2 is 1.66 bits per heavy atom. The Kier molecular flexibility index (Phi) is 13.2. The summed E-state index contributed by atoms with van der Waals surface area (Å²) >= 11 is 0. The number of fused-ring (bicyclic) bond motifs is 2. The van der Waals surface area contributed by atoms with Gasteiger partial charge < -0.3 is 19.9 Å². The number of aromatic amines is 1. The maximum atomic E-state index is 14.9. The Morgan fingerprint density at radius 3 is 2.45 bits per heavy atom. The number of nitrogens with one attached hydrogen (secondary N) is 2. The van der Waals surface area contributed by atoms with Crippen molar-refractivity contribution < 1.29 is 27.9 Å². The molecule has 0 bridgehead atoms. The standard InChI is InChI=1S/C44H47F2N7O5/c45-19-24-58-33-6-3-5-32-28-48-50-42(34(32)17-16-33)31-14-11-29(12-15-31)27-47-40(54)9-4-10-41(55)52-20-22-53(23-21-52)44(57)37-25-30(13-18-38(37)46)26-39-35-7-1-2-8-36(35)43(56)51-49-39/h1-2,7-8,11-15,18,25,28,33H,3-6,9-10,16-17,19-24,26-27H2,(H,47,54)(H,51,56). The molecule has 0 radical (unpaired) electrons. The van der Waals surface area contributed by atoms with E-state index in [0.29, 0.717) is 54.5 Å². The SMILES string of the molecule is O=C(CCCC(=O)N1CCN(C(=O)c2cc(Cc3n[nH]c(=O)c4ccccc34)ccc2F)CC1)NCc1ccc(-c2nncc3c2CCC(OCCF)CCC3)cc1. The van der Waals surface area contributed by atoms with E-state index in [0.717, 1.165) is 54.5 Å². The molecule has 1 aliphatic carbocycles. The number of hydrogen-bond donors (Lipinski definition) is 2. The lowest BCUT2D eigenvalue weighted by Gasteiger charge is -2.35. The maximum Gasteiger partial charge on any atom is 0.272 e. The number of carbonyl (C=O) groups excluding carboxylic acids is 3. The zero-order chi connectivity index (χ0) is 40.4. The van der Waals surface area contributed by atoms with Crippen LogP contribution in [0.4, 0.5) is 8.78 Å². The topological polar surface area (TPSA) is 150 Å². The van der Waals surface area contributed by atoms with Gasteiger partial charge in [0, 0.05) is 62.9 Å². The number of alkyl halides is 1. The lowest BCUT2D eigenvalue weighted by molar-refractivity contribution is -0.132. The third kappa shape index (κ3) is 9.79. The minimum Gasteiger partial charge on any atom is -0.375 e. The molecule has 1 saturated heterocycles. The van der Waals surface area contributed by atoms with Gasteiger partial charge in [-0.3, -0.25) is 19.2 Å². The van der Waals surface area contributed by atoms with Gasteiger partial charge in [-0.2, -0.15) is 15.3 Å². The highest BCUT2D eigenvalue weighted by Crippen LogP contribution is 2.29. The van der Waals surface area contributed by atoms with Gasteiger partial charge in [0.1, 0.15) is 12.5 Å². The first-order valence-electron chi connectivity index (χ1n) is 20.0. The molecule has 302 valence electrons. The third-order valence-corrected chi connectivity index (χ3v) is 11.0. The number of hydrogen-bond acceptors (Lipinski definition) is 8. The molecule has 3 heterocycles. The average Bonchev–Trinajstić information content (AvgIpc) is 3.24. The van der Waals surface area contributed by atoms with Crippen LogP contribution in [-0.4, -0.2) is 93.5 Å². The van der Waals surface area contributed by atoms with E-state index >= 15 is 0 Å². The molecule has 5 aromatic rings. The van der Waals surface area contributed by atoms with Crippen LogP contribution in [0.15, 0.2) is 77.7 Å². The van der Waals surface area contributed by atoms with E-state index in [1.807, 2.05) is 36.5 Å². The van der Waals surface area contributed by atoms with Crippen molar-refractivity contribution in [2.24, 2.45) is 0 Å². The molecular formula is C44H47F2N7O5. The first-order chi connectivity index (χ1) is 28.3. The van der Waals surface area contributed by atoms with Gasteiger partial charge in [-0.15, -0.1) is 0 Å². The summed E-state index contributed by atoms with van der Waals surface area (Å²) in [7, 11) is 0. The summed E-state index contributed by atoms with van der Waals surface area (Å²) < 4.78 is 33.3. The van der Waals surface area contributed by atoms with E-state index in [-0.39, 0.29) is 61.6 Å². The van der Waals surface area contributed by atoms with Crippen molar-refractivity contribution in [3.05, 3.63) is 123 Å². The fourth-order valence-corrected chi connectivity index (χ4v) is 7.82. The Labute approximate surface area is 335 Å². The molecule has 1 aliphatic heterocycles.